The molecule has 1 aromatic heterocycles. The second kappa shape index (κ2) is 6.78. The van der Waals surface area contributed by atoms with Crippen molar-refractivity contribution in [1.82, 2.24) is 14.2 Å². The standard InChI is InChI=1S/C16H23N3O4S/c1-12-4-3-5-14(17-12)16(20)18-7-6-13-10-19(24(2,21)22)8-9-23-15(13)11-18/h3-5,13,15H,6-11H2,1-2H3/t13-,15-/m1/s1. The minimum atomic E-state index is -3.21. The third-order valence-corrected chi connectivity index (χ3v) is 5.94. The fraction of sp³-hybridized carbons (Fsp3) is 0.625. The van der Waals surface area contributed by atoms with Gasteiger partial charge < -0.3 is 9.64 Å². The highest BCUT2D eigenvalue weighted by atomic mass is 32.2. The number of amides is 1. The van der Waals surface area contributed by atoms with Crippen LogP contribution in [0, 0.1) is 12.8 Å². The molecule has 3 rings (SSSR count). The molecule has 1 aromatic rings. The first-order chi connectivity index (χ1) is 11.3. The summed E-state index contributed by atoms with van der Waals surface area (Å²) in [5, 5.41) is 0. The minimum Gasteiger partial charge on any atom is -0.375 e. The molecule has 2 atom stereocenters. The van der Waals surface area contributed by atoms with E-state index in [4.69, 9.17) is 4.74 Å². The number of carbonyl (C=O) groups is 1. The molecule has 3 heterocycles. The van der Waals surface area contributed by atoms with Crippen LogP contribution in [0.4, 0.5) is 0 Å². The van der Waals surface area contributed by atoms with E-state index in [0.29, 0.717) is 38.5 Å². The van der Waals surface area contributed by atoms with Crippen molar-refractivity contribution in [3.63, 3.8) is 0 Å². The molecule has 0 radical (unpaired) electrons. The van der Waals surface area contributed by atoms with Crippen LogP contribution in [0.25, 0.3) is 0 Å². The van der Waals surface area contributed by atoms with E-state index in [2.05, 4.69) is 4.98 Å². The maximum atomic E-state index is 12.6. The molecule has 2 aliphatic heterocycles. The number of rotatable bonds is 2. The van der Waals surface area contributed by atoms with Gasteiger partial charge in [0.25, 0.3) is 5.91 Å². The van der Waals surface area contributed by atoms with Gasteiger partial charge in [0.2, 0.25) is 10.0 Å². The van der Waals surface area contributed by atoms with Crippen LogP contribution in [0.3, 0.4) is 0 Å². The van der Waals surface area contributed by atoms with Gasteiger partial charge in [-0.2, -0.15) is 4.31 Å². The van der Waals surface area contributed by atoms with Gasteiger partial charge in [0.1, 0.15) is 5.69 Å². The minimum absolute atomic E-state index is 0.0926. The third-order valence-electron chi connectivity index (χ3n) is 4.67. The van der Waals surface area contributed by atoms with Gasteiger partial charge in [-0.25, -0.2) is 13.4 Å². The first-order valence-electron chi connectivity index (χ1n) is 8.14. The van der Waals surface area contributed by atoms with Crippen LogP contribution < -0.4 is 0 Å². The molecule has 0 spiro atoms. The molecule has 2 saturated heterocycles. The fourth-order valence-corrected chi connectivity index (χ4v) is 4.20. The number of aromatic nitrogens is 1. The average molecular weight is 353 g/mol. The Hall–Kier alpha value is -1.51. The molecule has 8 heteroatoms. The Balaban J connectivity index is 1.70. The first-order valence-corrected chi connectivity index (χ1v) is 9.99. The van der Waals surface area contributed by atoms with Crippen molar-refractivity contribution in [2.24, 2.45) is 5.92 Å². The molecule has 0 N–H and O–H groups in total. The molecule has 0 bridgehead atoms. The van der Waals surface area contributed by atoms with Gasteiger partial charge in [-0.1, -0.05) is 6.07 Å². The number of piperidine rings is 1. The number of ether oxygens (including phenoxy) is 1. The monoisotopic (exact) mass is 353 g/mol. The summed E-state index contributed by atoms with van der Waals surface area (Å²) >= 11 is 0. The lowest BCUT2D eigenvalue weighted by molar-refractivity contribution is -0.0171. The van der Waals surface area contributed by atoms with Crippen LogP contribution in [-0.4, -0.2) is 73.7 Å². The van der Waals surface area contributed by atoms with Crippen LogP contribution >= 0.6 is 0 Å². The van der Waals surface area contributed by atoms with Crippen LogP contribution in [0.5, 0.6) is 0 Å². The fourth-order valence-electron chi connectivity index (χ4n) is 3.33. The van der Waals surface area contributed by atoms with Crippen molar-refractivity contribution in [2.45, 2.75) is 19.4 Å². The Morgan fingerprint density at radius 2 is 2.08 bits per heavy atom. The van der Waals surface area contributed by atoms with Crippen molar-refractivity contribution >= 4 is 15.9 Å². The van der Waals surface area contributed by atoms with Gasteiger partial charge in [-0.3, -0.25) is 4.79 Å². The number of nitrogens with zero attached hydrogens (tertiary/aromatic N) is 3. The summed E-state index contributed by atoms with van der Waals surface area (Å²) in [4.78, 5) is 18.7. The number of hydrogen-bond acceptors (Lipinski definition) is 5. The Morgan fingerprint density at radius 1 is 1.29 bits per heavy atom. The van der Waals surface area contributed by atoms with Crippen LogP contribution in [0.2, 0.25) is 0 Å². The highest BCUT2D eigenvalue weighted by Crippen LogP contribution is 2.25. The normalized spacial score (nSPS) is 25.8. The van der Waals surface area contributed by atoms with Crippen LogP contribution in [0.1, 0.15) is 22.6 Å². The predicted molar refractivity (Wildman–Crippen MR) is 89.1 cm³/mol. The largest absolute Gasteiger partial charge is 0.375 e. The van der Waals surface area contributed by atoms with Gasteiger partial charge >= 0.3 is 0 Å². The van der Waals surface area contributed by atoms with E-state index in [0.717, 1.165) is 12.1 Å². The zero-order chi connectivity index (χ0) is 17.3. The topological polar surface area (TPSA) is 79.8 Å². The SMILES string of the molecule is Cc1cccc(C(=O)N2CC[C@@H]3CN(S(C)(=O)=O)CCO[C@@H]3C2)n1. The summed E-state index contributed by atoms with van der Waals surface area (Å²) in [5.41, 5.74) is 1.25. The van der Waals surface area contributed by atoms with Crippen molar-refractivity contribution in [2.75, 3.05) is 39.0 Å². The molecule has 7 nitrogen and oxygen atoms in total. The average Bonchev–Trinajstić information content (AvgIpc) is 2.75. The van der Waals surface area contributed by atoms with Crippen molar-refractivity contribution < 1.29 is 17.9 Å². The van der Waals surface area contributed by atoms with E-state index in [1.165, 1.54) is 10.6 Å². The third kappa shape index (κ3) is 3.76. The molecule has 0 aromatic carbocycles. The molecule has 0 saturated carbocycles. The zero-order valence-electron chi connectivity index (χ0n) is 14.0. The molecule has 0 aliphatic carbocycles. The first kappa shape index (κ1) is 17.3. The van der Waals surface area contributed by atoms with Crippen molar-refractivity contribution in [3.8, 4) is 0 Å². The zero-order valence-corrected chi connectivity index (χ0v) is 14.8. The van der Waals surface area contributed by atoms with E-state index in [1.54, 1.807) is 11.0 Å². The molecular formula is C16H23N3O4S. The maximum Gasteiger partial charge on any atom is 0.272 e. The van der Waals surface area contributed by atoms with E-state index < -0.39 is 10.0 Å². The van der Waals surface area contributed by atoms with E-state index in [1.807, 2.05) is 19.1 Å². The number of likely N-dealkylation sites (tertiary alicyclic amines) is 1. The number of aryl methyl sites for hydroxylation is 1. The number of fused-ring (bicyclic) bond motifs is 1. The molecule has 2 fully saturated rings. The second-order valence-electron chi connectivity index (χ2n) is 6.49. The lowest BCUT2D eigenvalue weighted by Crippen LogP contribution is -2.49. The summed E-state index contributed by atoms with van der Waals surface area (Å²) in [6.07, 6.45) is 1.84. The van der Waals surface area contributed by atoms with Crippen molar-refractivity contribution in [3.05, 3.63) is 29.6 Å². The van der Waals surface area contributed by atoms with Gasteiger partial charge in [-0.05, 0) is 25.5 Å². The van der Waals surface area contributed by atoms with Gasteiger partial charge in [-0.15, -0.1) is 0 Å². The van der Waals surface area contributed by atoms with Gasteiger partial charge in [0.15, 0.2) is 0 Å². The molecular weight excluding hydrogens is 330 g/mol. The summed E-state index contributed by atoms with van der Waals surface area (Å²) in [7, 11) is -3.21. The summed E-state index contributed by atoms with van der Waals surface area (Å²) in [5.74, 6) is 0.0294. The Bertz CT molecular complexity index is 722. The second-order valence-corrected chi connectivity index (χ2v) is 8.48. The summed E-state index contributed by atoms with van der Waals surface area (Å²) < 4.78 is 30.9. The number of hydrogen-bond donors (Lipinski definition) is 0. The van der Waals surface area contributed by atoms with Crippen LogP contribution in [0.15, 0.2) is 18.2 Å². The molecule has 132 valence electrons. The van der Waals surface area contributed by atoms with Gasteiger partial charge in [0, 0.05) is 37.8 Å². The number of carbonyl (C=O) groups excluding carboxylic acids is 1. The molecule has 0 unspecified atom stereocenters. The predicted octanol–water partition coefficient (Wildman–Crippen LogP) is 0.513. The molecule has 24 heavy (non-hydrogen) atoms. The Kier molecular flexibility index (Phi) is 4.89. The van der Waals surface area contributed by atoms with Crippen molar-refractivity contribution in [1.29, 1.82) is 0 Å². The van der Waals surface area contributed by atoms with E-state index >= 15 is 0 Å². The molecule has 1 amide bonds. The Morgan fingerprint density at radius 3 is 2.79 bits per heavy atom. The smallest absolute Gasteiger partial charge is 0.272 e. The van der Waals surface area contributed by atoms with E-state index in [9.17, 15) is 13.2 Å². The maximum absolute atomic E-state index is 12.6. The quantitative estimate of drug-likeness (QED) is 0.774. The highest BCUT2D eigenvalue weighted by molar-refractivity contribution is 7.88. The lowest BCUT2D eigenvalue weighted by atomic mass is 9.93. The lowest BCUT2D eigenvalue weighted by Gasteiger charge is -2.37. The number of sulfonamides is 1. The highest BCUT2D eigenvalue weighted by Gasteiger charge is 2.37. The van der Waals surface area contributed by atoms with Crippen LogP contribution in [-0.2, 0) is 14.8 Å². The van der Waals surface area contributed by atoms with E-state index in [-0.39, 0.29) is 17.9 Å². The molecule has 2 aliphatic rings. The van der Waals surface area contributed by atoms with Gasteiger partial charge in [0.05, 0.1) is 19.0 Å². The summed E-state index contributed by atoms with van der Waals surface area (Å²) in [6, 6.07) is 5.41. The number of pyridine rings is 1. The summed E-state index contributed by atoms with van der Waals surface area (Å²) in [6.45, 7) is 4.14. The Labute approximate surface area is 142 Å².